The maximum Gasteiger partial charge on any atom is 0.241 e. The van der Waals surface area contributed by atoms with Gasteiger partial charge in [-0.2, -0.15) is 4.72 Å². The molecule has 2 aromatic carbocycles. The Balaban J connectivity index is 2.30. The molecule has 0 bridgehead atoms. The van der Waals surface area contributed by atoms with Gasteiger partial charge >= 0.3 is 0 Å². The van der Waals surface area contributed by atoms with Crippen molar-refractivity contribution in [3.8, 4) is 11.5 Å². The van der Waals surface area contributed by atoms with Crippen LogP contribution in [0.15, 0.2) is 53.4 Å². The number of benzene rings is 2. The second-order valence-corrected chi connectivity index (χ2v) is 7.49. The van der Waals surface area contributed by atoms with Gasteiger partial charge in [-0.25, -0.2) is 8.42 Å². The lowest BCUT2D eigenvalue weighted by atomic mass is 10.1. The second-order valence-electron chi connectivity index (χ2n) is 5.77. The van der Waals surface area contributed by atoms with Gasteiger partial charge in [-0.05, 0) is 31.0 Å². The summed E-state index contributed by atoms with van der Waals surface area (Å²) in [6.07, 6.45) is 0.235. The number of likely N-dealkylation sites (N-methyl/N-ethyl adjacent to an activating group) is 1. The fraction of sp³-hybridized carbons (Fsp3) is 0.316. The number of sulfonamides is 1. The van der Waals surface area contributed by atoms with Crippen LogP contribution in [0.4, 0.5) is 0 Å². The fourth-order valence-corrected chi connectivity index (χ4v) is 3.78. The Kier molecular flexibility index (Phi) is 7.20. The first kappa shape index (κ1) is 20.7. The Bertz CT molecular complexity index is 869. The molecular weight excluding hydrogens is 368 g/mol. The van der Waals surface area contributed by atoms with Crippen LogP contribution in [0.25, 0.3) is 0 Å². The number of hydrogen-bond acceptors (Lipinski definition) is 5. The average Bonchev–Trinajstić information content (AvgIpc) is 2.67. The molecule has 2 N–H and O–H groups in total. The maximum absolute atomic E-state index is 12.8. The molecular formula is C19H24N2O5S. The van der Waals surface area contributed by atoms with Crippen LogP contribution in [0.2, 0.25) is 0 Å². The van der Waals surface area contributed by atoms with Gasteiger partial charge in [0.25, 0.3) is 0 Å². The van der Waals surface area contributed by atoms with Gasteiger partial charge in [0.2, 0.25) is 15.9 Å². The SMILES string of the molecule is CCNC(=O)C(Cc1ccccc1)NS(=O)(=O)c1ccc(OC)c(OC)c1. The van der Waals surface area contributed by atoms with Crippen molar-refractivity contribution in [2.45, 2.75) is 24.3 Å². The summed E-state index contributed by atoms with van der Waals surface area (Å²) in [5.41, 5.74) is 0.851. The van der Waals surface area contributed by atoms with Gasteiger partial charge < -0.3 is 14.8 Å². The van der Waals surface area contributed by atoms with Crippen molar-refractivity contribution in [2.24, 2.45) is 0 Å². The molecule has 0 spiro atoms. The molecule has 146 valence electrons. The van der Waals surface area contributed by atoms with Gasteiger partial charge in [-0.15, -0.1) is 0 Å². The molecule has 0 saturated heterocycles. The molecule has 1 atom stereocenters. The monoisotopic (exact) mass is 392 g/mol. The number of rotatable bonds is 9. The van der Waals surface area contributed by atoms with Gasteiger partial charge in [0.1, 0.15) is 6.04 Å². The molecule has 8 heteroatoms. The lowest BCUT2D eigenvalue weighted by Gasteiger charge is -2.19. The molecule has 1 unspecified atom stereocenters. The minimum Gasteiger partial charge on any atom is -0.493 e. The van der Waals surface area contributed by atoms with Crippen molar-refractivity contribution >= 4 is 15.9 Å². The summed E-state index contributed by atoms with van der Waals surface area (Å²) in [6, 6.07) is 12.6. The number of nitrogens with one attached hydrogen (secondary N) is 2. The van der Waals surface area contributed by atoms with E-state index >= 15 is 0 Å². The van der Waals surface area contributed by atoms with Crippen LogP contribution in [0.1, 0.15) is 12.5 Å². The van der Waals surface area contributed by atoms with E-state index in [1.54, 1.807) is 6.92 Å². The number of carbonyl (C=O) groups is 1. The summed E-state index contributed by atoms with van der Waals surface area (Å²) >= 11 is 0. The Hall–Kier alpha value is -2.58. The van der Waals surface area contributed by atoms with Gasteiger partial charge in [-0.3, -0.25) is 4.79 Å². The molecule has 0 aliphatic carbocycles. The van der Waals surface area contributed by atoms with Gasteiger partial charge in [-0.1, -0.05) is 30.3 Å². The third kappa shape index (κ3) is 5.45. The third-order valence-electron chi connectivity index (χ3n) is 3.91. The molecule has 0 aliphatic heterocycles. The maximum atomic E-state index is 12.8. The summed E-state index contributed by atoms with van der Waals surface area (Å²) in [5, 5.41) is 2.67. The molecule has 0 aliphatic rings. The second kappa shape index (κ2) is 9.38. The Morgan fingerprint density at radius 3 is 2.30 bits per heavy atom. The molecule has 0 heterocycles. The molecule has 0 radical (unpaired) electrons. The third-order valence-corrected chi connectivity index (χ3v) is 5.38. The van der Waals surface area contributed by atoms with Gasteiger partial charge in [0, 0.05) is 12.6 Å². The van der Waals surface area contributed by atoms with Gasteiger partial charge in [0.15, 0.2) is 11.5 Å². The van der Waals surface area contributed by atoms with Crippen molar-refractivity contribution < 1.29 is 22.7 Å². The minimum atomic E-state index is -3.95. The summed E-state index contributed by atoms with van der Waals surface area (Å²) < 4.78 is 38.4. The molecule has 0 aromatic heterocycles. The van der Waals surface area contributed by atoms with E-state index in [1.807, 2.05) is 30.3 Å². The molecule has 0 saturated carbocycles. The van der Waals surface area contributed by atoms with Crippen LogP contribution in [-0.4, -0.2) is 41.1 Å². The molecule has 0 fully saturated rings. The van der Waals surface area contributed by atoms with E-state index in [-0.39, 0.29) is 23.0 Å². The quantitative estimate of drug-likeness (QED) is 0.678. The van der Waals surface area contributed by atoms with Crippen molar-refractivity contribution in [3.05, 3.63) is 54.1 Å². The first-order valence-electron chi connectivity index (χ1n) is 8.47. The number of carbonyl (C=O) groups excluding carboxylic acids is 1. The lowest BCUT2D eigenvalue weighted by molar-refractivity contribution is -0.122. The minimum absolute atomic E-state index is 0.0116. The molecule has 27 heavy (non-hydrogen) atoms. The van der Waals surface area contributed by atoms with E-state index in [0.717, 1.165) is 5.56 Å². The van der Waals surface area contributed by atoms with Crippen molar-refractivity contribution in [1.82, 2.24) is 10.0 Å². The normalized spacial score (nSPS) is 12.3. The average molecular weight is 392 g/mol. The zero-order valence-corrected chi connectivity index (χ0v) is 16.4. The highest BCUT2D eigenvalue weighted by Crippen LogP contribution is 2.29. The van der Waals surface area contributed by atoms with Crippen LogP contribution in [0, 0.1) is 0 Å². The highest BCUT2D eigenvalue weighted by Gasteiger charge is 2.26. The van der Waals surface area contributed by atoms with Gasteiger partial charge in [0.05, 0.1) is 19.1 Å². The molecule has 2 rings (SSSR count). The van der Waals surface area contributed by atoms with Crippen LogP contribution in [-0.2, 0) is 21.2 Å². The zero-order chi connectivity index (χ0) is 19.9. The van der Waals surface area contributed by atoms with E-state index < -0.39 is 16.1 Å². The highest BCUT2D eigenvalue weighted by molar-refractivity contribution is 7.89. The lowest BCUT2D eigenvalue weighted by Crippen LogP contribution is -2.47. The summed E-state index contributed by atoms with van der Waals surface area (Å²) in [6.45, 7) is 2.18. The predicted molar refractivity (Wildman–Crippen MR) is 102 cm³/mol. The Morgan fingerprint density at radius 2 is 1.70 bits per heavy atom. The van der Waals surface area contributed by atoms with E-state index in [9.17, 15) is 13.2 Å². The number of hydrogen-bond donors (Lipinski definition) is 2. The van der Waals surface area contributed by atoms with E-state index in [2.05, 4.69) is 10.0 Å². The molecule has 7 nitrogen and oxygen atoms in total. The van der Waals surface area contributed by atoms with Crippen LogP contribution in [0.3, 0.4) is 0 Å². The summed E-state index contributed by atoms with van der Waals surface area (Å²) in [5.74, 6) is 0.324. The van der Waals surface area contributed by atoms with Crippen molar-refractivity contribution in [2.75, 3.05) is 20.8 Å². The van der Waals surface area contributed by atoms with E-state index in [0.29, 0.717) is 12.3 Å². The van der Waals surface area contributed by atoms with Crippen molar-refractivity contribution in [3.63, 3.8) is 0 Å². The largest absolute Gasteiger partial charge is 0.493 e. The number of methoxy groups -OCH3 is 2. The predicted octanol–water partition coefficient (Wildman–Crippen LogP) is 1.73. The number of amides is 1. The molecule has 2 aromatic rings. The Morgan fingerprint density at radius 1 is 1.04 bits per heavy atom. The summed E-state index contributed by atoms with van der Waals surface area (Å²) in [7, 11) is -1.05. The smallest absolute Gasteiger partial charge is 0.241 e. The van der Waals surface area contributed by atoms with E-state index in [1.165, 1.54) is 32.4 Å². The van der Waals surface area contributed by atoms with Crippen LogP contribution >= 0.6 is 0 Å². The van der Waals surface area contributed by atoms with Crippen LogP contribution in [0.5, 0.6) is 11.5 Å². The highest BCUT2D eigenvalue weighted by atomic mass is 32.2. The van der Waals surface area contributed by atoms with Crippen LogP contribution < -0.4 is 19.5 Å². The fourth-order valence-electron chi connectivity index (χ4n) is 2.57. The first-order valence-corrected chi connectivity index (χ1v) is 9.95. The first-order chi connectivity index (χ1) is 12.9. The standard InChI is InChI=1S/C19H24N2O5S/c1-4-20-19(22)16(12-14-8-6-5-7-9-14)21-27(23,24)15-10-11-17(25-2)18(13-15)26-3/h5-11,13,16,21H,4,12H2,1-3H3,(H,20,22). The molecule has 1 amide bonds. The van der Waals surface area contributed by atoms with Crippen molar-refractivity contribution in [1.29, 1.82) is 0 Å². The zero-order valence-electron chi connectivity index (χ0n) is 15.6. The Labute approximate surface area is 159 Å². The topological polar surface area (TPSA) is 93.7 Å². The van der Waals surface area contributed by atoms with E-state index in [4.69, 9.17) is 9.47 Å². The summed E-state index contributed by atoms with van der Waals surface area (Å²) in [4.78, 5) is 12.4. The number of ether oxygens (including phenoxy) is 2.